The van der Waals surface area contributed by atoms with E-state index in [-0.39, 0.29) is 12.1 Å². The van der Waals surface area contributed by atoms with Crippen LogP contribution in [0.3, 0.4) is 0 Å². The first-order chi connectivity index (χ1) is 4.74. The van der Waals surface area contributed by atoms with Gasteiger partial charge >= 0.3 is 0 Å². The Balaban J connectivity index is 2.33. The van der Waals surface area contributed by atoms with Gasteiger partial charge in [-0.3, -0.25) is 0 Å². The lowest BCUT2D eigenvalue weighted by Crippen LogP contribution is -2.45. The van der Waals surface area contributed by atoms with Gasteiger partial charge in [0.05, 0.1) is 6.10 Å². The molecule has 10 heavy (non-hydrogen) atoms. The Morgan fingerprint density at radius 3 is 2.70 bits per heavy atom. The third-order valence-corrected chi connectivity index (χ3v) is 2.28. The third-order valence-electron chi connectivity index (χ3n) is 2.28. The van der Waals surface area contributed by atoms with E-state index < -0.39 is 0 Å². The molecule has 1 aliphatic carbocycles. The molecular formula is C7H16N2O. The number of rotatable bonds is 1. The highest BCUT2D eigenvalue weighted by atomic mass is 16.3. The van der Waals surface area contributed by atoms with Crippen molar-refractivity contribution in [3.8, 4) is 0 Å². The maximum atomic E-state index is 9.31. The Labute approximate surface area is 61.6 Å². The average Bonchev–Trinajstić information content (AvgIpc) is 1.95. The molecule has 3 nitrogen and oxygen atoms in total. The Bertz CT molecular complexity index is 108. The van der Waals surface area contributed by atoms with Crippen molar-refractivity contribution in [2.75, 3.05) is 7.05 Å². The zero-order chi connectivity index (χ0) is 7.56. The van der Waals surface area contributed by atoms with Crippen LogP contribution in [0.15, 0.2) is 0 Å². The topological polar surface area (TPSA) is 58.3 Å². The van der Waals surface area contributed by atoms with Gasteiger partial charge in [0.1, 0.15) is 0 Å². The number of hydrogen-bond acceptors (Lipinski definition) is 3. The molecular weight excluding hydrogens is 128 g/mol. The summed E-state index contributed by atoms with van der Waals surface area (Å²) in [5.74, 6) is 0. The first kappa shape index (κ1) is 7.98. The van der Waals surface area contributed by atoms with Crippen LogP contribution in [0.4, 0.5) is 0 Å². The van der Waals surface area contributed by atoms with Gasteiger partial charge in [0, 0.05) is 12.1 Å². The molecule has 60 valence electrons. The molecule has 1 aliphatic rings. The maximum absolute atomic E-state index is 9.31. The summed E-state index contributed by atoms with van der Waals surface area (Å²) in [6.07, 6.45) is 2.53. The van der Waals surface area contributed by atoms with Crippen LogP contribution in [0, 0.1) is 0 Å². The normalized spacial score (nSPS) is 41.7. The molecule has 0 aromatic heterocycles. The fraction of sp³-hybridized carbons (Fsp3) is 1.00. The number of aliphatic hydroxyl groups is 1. The number of nitrogens with one attached hydrogen (secondary N) is 1. The summed E-state index contributed by atoms with van der Waals surface area (Å²) in [5, 5.41) is 12.5. The fourth-order valence-corrected chi connectivity index (χ4v) is 1.43. The standard InChI is InChI=1S/C7H16N2O/c1-9-5-2-3-6(8)7(10)4-5/h5-7,9-10H,2-4,8H2,1H3/t5-,6-,7+/m1/s1. The smallest absolute Gasteiger partial charge is 0.0705 e. The van der Waals surface area contributed by atoms with Gasteiger partial charge in [-0.25, -0.2) is 0 Å². The molecule has 3 heteroatoms. The minimum atomic E-state index is -0.300. The second kappa shape index (κ2) is 3.32. The fourth-order valence-electron chi connectivity index (χ4n) is 1.43. The molecule has 0 amide bonds. The van der Waals surface area contributed by atoms with E-state index in [9.17, 15) is 5.11 Å². The highest BCUT2D eigenvalue weighted by Gasteiger charge is 2.24. The zero-order valence-corrected chi connectivity index (χ0v) is 6.38. The van der Waals surface area contributed by atoms with E-state index >= 15 is 0 Å². The molecule has 0 aromatic rings. The number of nitrogens with two attached hydrogens (primary N) is 1. The molecule has 0 unspecified atom stereocenters. The lowest BCUT2D eigenvalue weighted by Gasteiger charge is -2.30. The maximum Gasteiger partial charge on any atom is 0.0705 e. The summed E-state index contributed by atoms with van der Waals surface area (Å²) in [4.78, 5) is 0. The summed E-state index contributed by atoms with van der Waals surface area (Å²) in [6.45, 7) is 0. The van der Waals surface area contributed by atoms with Crippen LogP contribution in [0.25, 0.3) is 0 Å². The van der Waals surface area contributed by atoms with Crippen molar-refractivity contribution in [1.29, 1.82) is 0 Å². The highest BCUT2D eigenvalue weighted by Crippen LogP contribution is 2.16. The molecule has 0 heterocycles. The van der Waals surface area contributed by atoms with Crippen molar-refractivity contribution in [2.45, 2.75) is 37.5 Å². The zero-order valence-electron chi connectivity index (χ0n) is 6.38. The van der Waals surface area contributed by atoms with Crippen LogP contribution in [0.2, 0.25) is 0 Å². The van der Waals surface area contributed by atoms with Gasteiger partial charge in [-0.1, -0.05) is 0 Å². The number of hydrogen-bond donors (Lipinski definition) is 3. The van der Waals surface area contributed by atoms with Crippen molar-refractivity contribution in [3.63, 3.8) is 0 Å². The SMILES string of the molecule is CN[C@@H]1CC[C@@H](N)[C@@H](O)C1. The monoisotopic (exact) mass is 144 g/mol. The minimum Gasteiger partial charge on any atom is -0.391 e. The second-order valence-electron chi connectivity index (χ2n) is 3.03. The van der Waals surface area contributed by atoms with Gasteiger partial charge in [-0.05, 0) is 26.3 Å². The molecule has 0 bridgehead atoms. The third kappa shape index (κ3) is 1.68. The summed E-state index contributed by atoms with van der Waals surface area (Å²) in [6, 6.07) is 0.472. The first-order valence-electron chi connectivity index (χ1n) is 3.85. The summed E-state index contributed by atoms with van der Waals surface area (Å²) >= 11 is 0. The second-order valence-corrected chi connectivity index (χ2v) is 3.03. The summed E-state index contributed by atoms with van der Waals surface area (Å²) in [5.41, 5.74) is 5.62. The lowest BCUT2D eigenvalue weighted by molar-refractivity contribution is 0.0931. The van der Waals surface area contributed by atoms with Gasteiger partial charge in [-0.15, -0.1) is 0 Å². The van der Waals surface area contributed by atoms with E-state index in [1.165, 1.54) is 0 Å². The highest BCUT2D eigenvalue weighted by molar-refractivity contribution is 4.84. The Hall–Kier alpha value is -0.120. The molecule has 0 saturated heterocycles. The van der Waals surface area contributed by atoms with Gasteiger partial charge in [0.2, 0.25) is 0 Å². The predicted molar refractivity (Wildman–Crippen MR) is 40.7 cm³/mol. The van der Waals surface area contributed by atoms with Crippen LogP contribution >= 0.6 is 0 Å². The summed E-state index contributed by atoms with van der Waals surface area (Å²) < 4.78 is 0. The van der Waals surface area contributed by atoms with Gasteiger partial charge < -0.3 is 16.2 Å². The van der Waals surface area contributed by atoms with Gasteiger partial charge in [0.15, 0.2) is 0 Å². The number of aliphatic hydroxyl groups excluding tert-OH is 1. The molecule has 4 N–H and O–H groups in total. The Morgan fingerprint density at radius 1 is 1.50 bits per heavy atom. The van der Waals surface area contributed by atoms with Crippen molar-refractivity contribution in [1.82, 2.24) is 5.32 Å². The molecule has 1 rings (SSSR count). The van der Waals surface area contributed by atoms with E-state index in [0.717, 1.165) is 19.3 Å². The van der Waals surface area contributed by atoms with E-state index in [1.807, 2.05) is 7.05 Å². The van der Waals surface area contributed by atoms with Crippen molar-refractivity contribution in [3.05, 3.63) is 0 Å². The van der Waals surface area contributed by atoms with Crippen molar-refractivity contribution in [2.24, 2.45) is 5.73 Å². The molecule has 0 aliphatic heterocycles. The Morgan fingerprint density at radius 2 is 2.20 bits per heavy atom. The van der Waals surface area contributed by atoms with Gasteiger partial charge in [-0.2, -0.15) is 0 Å². The summed E-state index contributed by atoms with van der Waals surface area (Å²) in [7, 11) is 1.92. The largest absolute Gasteiger partial charge is 0.391 e. The molecule has 1 fully saturated rings. The van der Waals surface area contributed by atoms with Crippen LogP contribution < -0.4 is 11.1 Å². The predicted octanol–water partition coefficient (Wildman–Crippen LogP) is -0.553. The van der Waals surface area contributed by atoms with Crippen molar-refractivity contribution >= 4 is 0 Å². The van der Waals surface area contributed by atoms with E-state index in [0.29, 0.717) is 6.04 Å². The minimum absolute atomic E-state index is 0.00426. The molecule has 0 radical (unpaired) electrons. The quantitative estimate of drug-likeness (QED) is 0.462. The molecule has 0 aromatic carbocycles. The van der Waals surface area contributed by atoms with Crippen LogP contribution in [0.1, 0.15) is 19.3 Å². The van der Waals surface area contributed by atoms with E-state index in [1.54, 1.807) is 0 Å². The molecule has 0 spiro atoms. The van der Waals surface area contributed by atoms with Crippen LogP contribution in [-0.4, -0.2) is 30.3 Å². The average molecular weight is 144 g/mol. The van der Waals surface area contributed by atoms with Crippen LogP contribution in [-0.2, 0) is 0 Å². The van der Waals surface area contributed by atoms with Gasteiger partial charge in [0.25, 0.3) is 0 Å². The molecule has 1 saturated carbocycles. The lowest BCUT2D eigenvalue weighted by atomic mass is 9.89. The van der Waals surface area contributed by atoms with E-state index in [2.05, 4.69) is 5.32 Å². The van der Waals surface area contributed by atoms with Crippen LogP contribution in [0.5, 0.6) is 0 Å². The van der Waals surface area contributed by atoms with E-state index in [4.69, 9.17) is 5.73 Å². The van der Waals surface area contributed by atoms with Crippen molar-refractivity contribution < 1.29 is 5.11 Å². The molecule has 3 atom stereocenters. The first-order valence-corrected chi connectivity index (χ1v) is 3.85. The Kier molecular flexibility index (Phi) is 2.65.